The van der Waals surface area contributed by atoms with Gasteiger partial charge in [-0.2, -0.15) is 4.98 Å². The van der Waals surface area contributed by atoms with Gasteiger partial charge in [-0.3, -0.25) is 4.79 Å². The van der Waals surface area contributed by atoms with Crippen LogP contribution in [0, 0.1) is 5.92 Å². The third-order valence-electron chi connectivity index (χ3n) is 7.64. The van der Waals surface area contributed by atoms with Crippen LogP contribution in [0.5, 0.6) is 5.88 Å². The summed E-state index contributed by atoms with van der Waals surface area (Å²) in [4.78, 5) is 27.8. The predicted molar refractivity (Wildman–Crippen MR) is 134 cm³/mol. The summed E-state index contributed by atoms with van der Waals surface area (Å²) in [6.07, 6.45) is 10.3. The van der Waals surface area contributed by atoms with Gasteiger partial charge in [0.15, 0.2) is 11.5 Å². The number of aliphatic imine (C=N–C) groups is 1. The lowest BCUT2D eigenvalue weighted by Gasteiger charge is -2.33. The van der Waals surface area contributed by atoms with Crippen LogP contribution < -0.4 is 10.5 Å². The Labute approximate surface area is 201 Å². The van der Waals surface area contributed by atoms with Crippen LogP contribution in [-0.4, -0.2) is 45.2 Å². The zero-order chi connectivity index (χ0) is 23.7. The van der Waals surface area contributed by atoms with Crippen LogP contribution in [0.15, 0.2) is 35.6 Å². The fourth-order valence-electron chi connectivity index (χ4n) is 5.64. The van der Waals surface area contributed by atoms with Crippen LogP contribution in [0.2, 0.25) is 0 Å². The number of rotatable bonds is 4. The van der Waals surface area contributed by atoms with E-state index in [9.17, 15) is 4.79 Å². The summed E-state index contributed by atoms with van der Waals surface area (Å²) in [5.74, 6) is 2.21. The molecule has 1 saturated carbocycles. The van der Waals surface area contributed by atoms with Crippen molar-refractivity contribution < 1.29 is 9.53 Å². The molecule has 7 nitrogen and oxygen atoms in total. The highest BCUT2D eigenvalue weighted by molar-refractivity contribution is 6.09. The van der Waals surface area contributed by atoms with Gasteiger partial charge in [-0.15, -0.1) is 0 Å². The number of anilines is 1. The second-order valence-electron chi connectivity index (χ2n) is 10.5. The number of amides is 1. The van der Waals surface area contributed by atoms with Crippen LogP contribution >= 0.6 is 0 Å². The molecule has 2 N–H and O–H groups in total. The lowest BCUT2D eigenvalue weighted by atomic mass is 9.77. The number of aromatic nitrogens is 2. The molecule has 0 radical (unpaired) electrons. The van der Waals surface area contributed by atoms with Gasteiger partial charge in [-0.05, 0) is 76.2 Å². The van der Waals surface area contributed by atoms with Crippen molar-refractivity contribution in [3.05, 3.63) is 41.7 Å². The average molecular weight is 462 g/mol. The first-order chi connectivity index (χ1) is 16.4. The molecule has 2 aromatic rings. The molecule has 2 fully saturated rings. The molecule has 1 aromatic carbocycles. The van der Waals surface area contributed by atoms with E-state index >= 15 is 0 Å². The maximum Gasteiger partial charge on any atom is 0.246 e. The molecule has 0 spiro atoms. The van der Waals surface area contributed by atoms with Gasteiger partial charge < -0.3 is 15.4 Å². The zero-order valence-corrected chi connectivity index (χ0v) is 20.3. The molecule has 7 heteroatoms. The summed E-state index contributed by atoms with van der Waals surface area (Å²) in [6, 6.07) is 8.71. The largest absolute Gasteiger partial charge is 0.463 e. The molecule has 1 aliphatic carbocycles. The summed E-state index contributed by atoms with van der Waals surface area (Å²) in [7, 11) is 0. The van der Waals surface area contributed by atoms with Crippen LogP contribution in [0.1, 0.15) is 82.3 Å². The van der Waals surface area contributed by atoms with Gasteiger partial charge in [0.2, 0.25) is 11.8 Å². The number of nitrogen functional groups attached to an aromatic ring is 1. The molecule has 34 heavy (non-hydrogen) atoms. The minimum Gasteiger partial charge on any atom is -0.463 e. The number of fused-ring (bicyclic) bond motifs is 1. The van der Waals surface area contributed by atoms with Crippen molar-refractivity contribution in [2.75, 3.05) is 18.8 Å². The highest BCUT2D eigenvalue weighted by Crippen LogP contribution is 2.40. The summed E-state index contributed by atoms with van der Waals surface area (Å²) in [6.45, 7) is 5.90. The summed E-state index contributed by atoms with van der Waals surface area (Å²) in [5.41, 5.74) is 9.10. The minimum absolute atomic E-state index is 0.324. The summed E-state index contributed by atoms with van der Waals surface area (Å²) in [5, 5.41) is 0. The van der Waals surface area contributed by atoms with Crippen molar-refractivity contribution in [1.82, 2.24) is 14.9 Å². The number of nitrogens with two attached hydrogens (primary N) is 1. The maximum atomic E-state index is 12.6. The van der Waals surface area contributed by atoms with Crippen molar-refractivity contribution in [3.8, 4) is 5.88 Å². The molecule has 0 atom stereocenters. The van der Waals surface area contributed by atoms with E-state index in [0.717, 1.165) is 69.3 Å². The topological polar surface area (TPSA) is 93.7 Å². The van der Waals surface area contributed by atoms with Gasteiger partial charge >= 0.3 is 0 Å². The lowest BCUT2D eigenvalue weighted by Crippen LogP contribution is -2.41. The second-order valence-corrected chi connectivity index (χ2v) is 10.5. The van der Waals surface area contributed by atoms with Crippen LogP contribution in [0.25, 0.3) is 0 Å². The van der Waals surface area contributed by atoms with E-state index in [2.05, 4.69) is 39.1 Å². The van der Waals surface area contributed by atoms with Crippen molar-refractivity contribution in [2.45, 2.75) is 76.7 Å². The molecule has 2 aliphatic heterocycles. The van der Waals surface area contributed by atoms with Gasteiger partial charge in [-0.25, -0.2) is 9.98 Å². The molecule has 5 rings (SSSR count). The van der Waals surface area contributed by atoms with E-state index in [1.165, 1.54) is 18.3 Å². The molecular weight excluding hydrogens is 426 g/mol. The number of benzene rings is 1. The Morgan fingerprint density at radius 1 is 1.06 bits per heavy atom. The van der Waals surface area contributed by atoms with Crippen LogP contribution in [-0.2, 0) is 4.79 Å². The Hall–Kier alpha value is -2.96. The number of hydrogen-bond donors (Lipinski definition) is 1. The number of piperidine rings is 1. The Bertz CT molecular complexity index is 1060. The molecule has 0 bridgehead atoms. The fraction of sp³-hybridized carbons (Fsp3) is 0.556. The minimum atomic E-state index is -0.617. The monoisotopic (exact) mass is 461 g/mol. The van der Waals surface area contributed by atoms with E-state index in [1.54, 1.807) is 0 Å². The second kappa shape index (κ2) is 9.35. The first kappa shape index (κ1) is 22.8. The van der Waals surface area contributed by atoms with Crippen molar-refractivity contribution in [1.29, 1.82) is 0 Å². The smallest absolute Gasteiger partial charge is 0.246 e. The van der Waals surface area contributed by atoms with Gasteiger partial charge in [0.25, 0.3) is 0 Å². The van der Waals surface area contributed by atoms with Crippen molar-refractivity contribution in [3.63, 3.8) is 0 Å². The number of carbonyl (C=O) groups excluding carboxylic acids is 1. The number of nitrogens with zero attached hydrogens (tertiary/aromatic N) is 4. The van der Waals surface area contributed by atoms with E-state index in [0.29, 0.717) is 35.1 Å². The third-order valence-corrected chi connectivity index (χ3v) is 7.64. The molecule has 180 valence electrons. The Kier molecular flexibility index (Phi) is 6.28. The molecule has 1 amide bonds. The number of ether oxygens (including phenoxy) is 1. The third kappa shape index (κ3) is 4.65. The Morgan fingerprint density at radius 2 is 1.76 bits per heavy atom. The quantitative estimate of drug-likeness (QED) is 0.689. The van der Waals surface area contributed by atoms with Crippen molar-refractivity contribution >= 4 is 23.1 Å². The van der Waals surface area contributed by atoms with Gasteiger partial charge in [0.1, 0.15) is 11.9 Å². The zero-order valence-electron chi connectivity index (χ0n) is 20.3. The fourth-order valence-corrected chi connectivity index (χ4v) is 5.64. The average Bonchev–Trinajstić information content (AvgIpc) is 2.84. The van der Waals surface area contributed by atoms with Crippen molar-refractivity contribution in [2.24, 2.45) is 10.9 Å². The predicted octanol–water partition coefficient (Wildman–Crippen LogP) is 5.03. The molecule has 1 aromatic heterocycles. The van der Waals surface area contributed by atoms with Gasteiger partial charge in [0.05, 0.1) is 5.71 Å². The van der Waals surface area contributed by atoms with E-state index < -0.39 is 5.60 Å². The SMILES string of the molecule is CC1(C)Oc2ncnc(N)c2N=C1c1ccc([C@H]2CC[C@H](CC(=O)N3CCCCC3)CC2)cc1. The van der Waals surface area contributed by atoms with E-state index in [4.69, 9.17) is 15.5 Å². The normalized spacial score (nSPS) is 24.1. The number of hydrogen-bond acceptors (Lipinski definition) is 6. The molecule has 0 unspecified atom stereocenters. The summed E-state index contributed by atoms with van der Waals surface area (Å²) >= 11 is 0. The molecule has 3 aliphatic rings. The first-order valence-corrected chi connectivity index (χ1v) is 12.7. The van der Waals surface area contributed by atoms with E-state index in [1.807, 2.05) is 13.8 Å². The van der Waals surface area contributed by atoms with Crippen LogP contribution in [0.4, 0.5) is 11.5 Å². The van der Waals surface area contributed by atoms with Gasteiger partial charge in [0, 0.05) is 25.1 Å². The highest BCUT2D eigenvalue weighted by Gasteiger charge is 2.35. The first-order valence-electron chi connectivity index (χ1n) is 12.7. The highest BCUT2D eigenvalue weighted by atomic mass is 16.5. The standard InChI is InChI=1S/C27H35N5O2/c1-27(2)24(31-23-25(28)29-17-30-26(23)34-27)21-12-10-20(11-13-21)19-8-6-18(7-9-19)16-22(33)32-14-4-3-5-15-32/h10-13,17-19H,3-9,14-16H2,1-2H3,(H2,28,29,30)/t18-,19-. The van der Waals surface area contributed by atoms with Gasteiger partial charge in [-0.1, -0.05) is 24.3 Å². The van der Waals surface area contributed by atoms with Crippen LogP contribution in [0.3, 0.4) is 0 Å². The Balaban J connectivity index is 1.23. The summed E-state index contributed by atoms with van der Waals surface area (Å²) < 4.78 is 6.11. The number of likely N-dealkylation sites (tertiary alicyclic amines) is 1. The Morgan fingerprint density at radius 3 is 2.47 bits per heavy atom. The molecule has 1 saturated heterocycles. The molecular formula is C27H35N5O2. The van der Waals surface area contributed by atoms with E-state index in [-0.39, 0.29) is 0 Å². The number of carbonyl (C=O) groups is 1. The molecule has 3 heterocycles. The maximum absolute atomic E-state index is 12.6. The lowest BCUT2D eigenvalue weighted by molar-refractivity contribution is -0.133.